The first-order valence-corrected chi connectivity index (χ1v) is 6.60. The molecule has 3 aliphatic rings. The second kappa shape index (κ2) is 3.61. The van der Waals surface area contributed by atoms with Crippen LogP contribution in [0, 0.1) is 5.92 Å². The van der Waals surface area contributed by atoms with Crippen molar-refractivity contribution in [1.82, 2.24) is 4.90 Å². The molecular formula is C15H17NO. The van der Waals surface area contributed by atoms with E-state index in [1.54, 1.807) is 0 Å². The van der Waals surface area contributed by atoms with E-state index in [0.717, 1.165) is 5.92 Å². The maximum Gasteiger partial charge on any atom is 0.116 e. The largest absolute Gasteiger partial charge is 0.468 e. The molecule has 3 aliphatic heterocycles. The van der Waals surface area contributed by atoms with Crippen LogP contribution in [0.2, 0.25) is 0 Å². The highest BCUT2D eigenvalue weighted by molar-refractivity contribution is 5.84. The zero-order chi connectivity index (χ0) is 11.2. The molecule has 1 unspecified atom stereocenters. The number of rotatable bonds is 1. The van der Waals surface area contributed by atoms with E-state index in [9.17, 15) is 0 Å². The molecule has 1 atom stereocenters. The molecule has 2 nitrogen and oxygen atoms in total. The van der Waals surface area contributed by atoms with Crippen LogP contribution >= 0.6 is 0 Å². The lowest BCUT2D eigenvalue weighted by Crippen LogP contribution is -2.46. The van der Waals surface area contributed by atoms with Crippen molar-refractivity contribution in [3.63, 3.8) is 0 Å². The summed E-state index contributed by atoms with van der Waals surface area (Å²) in [6, 6.07) is 8.54. The first kappa shape index (κ1) is 9.72. The lowest BCUT2D eigenvalue weighted by atomic mass is 9.77. The van der Waals surface area contributed by atoms with E-state index in [1.807, 2.05) is 6.26 Å². The first-order valence-electron chi connectivity index (χ1n) is 6.60. The number of piperidine rings is 3. The number of fused-ring (bicyclic) bond motifs is 4. The summed E-state index contributed by atoms with van der Waals surface area (Å²) in [7, 11) is 0. The standard InChI is InChI=1S/C15H17NO/c1-2-4-13-12(3-1)10-17-15(13)14-9-16-7-5-11(14)6-8-16/h1-4,10-11,14H,5-9H2. The maximum atomic E-state index is 5.88. The predicted octanol–water partition coefficient (Wildman–Crippen LogP) is 3.24. The summed E-state index contributed by atoms with van der Waals surface area (Å²) in [6.07, 6.45) is 4.61. The van der Waals surface area contributed by atoms with Gasteiger partial charge in [0, 0.05) is 23.2 Å². The van der Waals surface area contributed by atoms with Crippen molar-refractivity contribution in [2.45, 2.75) is 18.8 Å². The summed E-state index contributed by atoms with van der Waals surface area (Å²) in [5, 5.41) is 2.57. The first-order chi connectivity index (χ1) is 8.42. The smallest absolute Gasteiger partial charge is 0.116 e. The van der Waals surface area contributed by atoms with Gasteiger partial charge in [-0.15, -0.1) is 0 Å². The van der Waals surface area contributed by atoms with Gasteiger partial charge in [-0.3, -0.25) is 0 Å². The molecule has 1 aromatic heterocycles. The lowest BCUT2D eigenvalue weighted by Gasteiger charge is -2.44. The number of benzene rings is 1. The van der Waals surface area contributed by atoms with Crippen molar-refractivity contribution in [2.24, 2.45) is 5.92 Å². The van der Waals surface area contributed by atoms with Crippen molar-refractivity contribution in [3.05, 3.63) is 36.3 Å². The molecule has 0 aliphatic carbocycles. The molecule has 4 heterocycles. The molecular weight excluding hydrogens is 210 g/mol. The third kappa shape index (κ3) is 1.44. The van der Waals surface area contributed by atoms with Gasteiger partial charge in [-0.2, -0.15) is 0 Å². The summed E-state index contributed by atoms with van der Waals surface area (Å²) in [6.45, 7) is 3.78. The van der Waals surface area contributed by atoms with E-state index in [2.05, 4.69) is 29.2 Å². The molecule has 5 rings (SSSR count). The van der Waals surface area contributed by atoms with Crippen LogP contribution in [0.1, 0.15) is 24.5 Å². The zero-order valence-electron chi connectivity index (χ0n) is 9.93. The number of furan rings is 1. The second-order valence-corrected chi connectivity index (χ2v) is 5.43. The summed E-state index contributed by atoms with van der Waals surface area (Å²) in [4.78, 5) is 2.59. The Kier molecular flexibility index (Phi) is 2.06. The lowest BCUT2D eigenvalue weighted by molar-refractivity contribution is 0.0787. The summed E-state index contributed by atoms with van der Waals surface area (Å²) in [5.41, 5.74) is 0. The molecule has 3 fully saturated rings. The van der Waals surface area contributed by atoms with Crippen LogP contribution in [0.25, 0.3) is 10.8 Å². The Morgan fingerprint density at radius 1 is 1.12 bits per heavy atom. The highest BCUT2D eigenvalue weighted by Gasteiger charge is 2.37. The number of nitrogens with zero attached hydrogens (tertiary/aromatic N) is 1. The minimum absolute atomic E-state index is 0.623. The van der Waals surface area contributed by atoms with Crippen LogP contribution in [0.4, 0.5) is 0 Å². The van der Waals surface area contributed by atoms with Gasteiger partial charge in [-0.1, -0.05) is 24.3 Å². The molecule has 2 bridgehead atoms. The highest BCUT2D eigenvalue weighted by Crippen LogP contribution is 2.41. The normalized spacial score (nSPS) is 32.1. The van der Waals surface area contributed by atoms with Gasteiger partial charge < -0.3 is 9.32 Å². The fourth-order valence-electron chi connectivity index (χ4n) is 3.56. The second-order valence-electron chi connectivity index (χ2n) is 5.43. The molecule has 2 aromatic rings. The maximum absolute atomic E-state index is 5.88. The Hall–Kier alpha value is -1.28. The molecule has 88 valence electrons. The minimum Gasteiger partial charge on any atom is -0.468 e. The Bertz CT molecular complexity index is 537. The zero-order valence-corrected chi connectivity index (χ0v) is 9.93. The van der Waals surface area contributed by atoms with Gasteiger partial charge >= 0.3 is 0 Å². The third-order valence-electron chi connectivity index (χ3n) is 4.53. The van der Waals surface area contributed by atoms with Crippen LogP contribution in [-0.4, -0.2) is 24.5 Å². The van der Waals surface area contributed by atoms with Gasteiger partial charge in [0.25, 0.3) is 0 Å². The summed E-state index contributed by atoms with van der Waals surface area (Å²) in [5.74, 6) is 2.70. The average molecular weight is 227 g/mol. The van der Waals surface area contributed by atoms with Crippen LogP contribution in [-0.2, 0) is 0 Å². The monoisotopic (exact) mass is 227 g/mol. The van der Waals surface area contributed by atoms with Gasteiger partial charge in [0.05, 0.1) is 6.26 Å². The summed E-state index contributed by atoms with van der Waals surface area (Å²) >= 11 is 0. The van der Waals surface area contributed by atoms with E-state index in [-0.39, 0.29) is 0 Å². The predicted molar refractivity (Wildman–Crippen MR) is 68.1 cm³/mol. The van der Waals surface area contributed by atoms with Crippen LogP contribution in [0.3, 0.4) is 0 Å². The Balaban J connectivity index is 1.79. The van der Waals surface area contributed by atoms with Gasteiger partial charge in [-0.25, -0.2) is 0 Å². The molecule has 0 saturated carbocycles. The van der Waals surface area contributed by atoms with Gasteiger partial charge in [0.2, 0.25) is 0 Å². The molecule has 3 saturated heterocycles. The molecule has 0 radical (unpaired) electrons. The Morgan fingerprint density at radius 3 is 2.71 bits per heavy atom. The van der Waals surface area contributed by atoms with Crippen molar-refractivity contribution < 1.29 is 4.42 Å². The van der Waals surface area contributed by atoms with Crippen molar-refractivity contribution >= 4 is 10.8 Å². The summed E-state index contributed by atoms with van der Waals surface area (Å²) < 4.78 is 5.88. The molecule has 0 N–H and O–H groups in total. The fourth-order valence-corrected chi connectivity index (χ4v) is 3.56. The van der Waals surface area contributed by atoms with E-state index in [0.29, 0.717) is 5.92 Å². The van der Waals surface area contributed by atoms with Crippen LogP contribution < -0.4 is 0 Å². The van der Waals surface area contributed by atoms with Crippen LogP contribution in [0.5, 0.6) is 0 Å². The van der Waals surface area contributed by atoms with Gasteiger partial charge in [0.1, 0.15) is 5.76 Å². The molecule has 17 heavy (non-hydrogen) atoms. The molecule has 0 spiro atoms. The van der Waals surface area contributed by atoms with Crippen LogP contribution in [0.15, 0.2) is 34.9 Å². The fraction of sp³-hybridized carbons (Fsp3) is 0.467. The molecule has 0 amide bonds. The van der Waals surface area contributed by atoms with E-state index in [4.69, 9.17) is 4.42 Å². The third-order valence-corrected chi connectivity index (χ3v) is 4.53. The molecule has 1 aromatic carbocycles. The van der Waals surface area contributed by atoms with Crippen molar-refractivity contribution in [1.29, 1.82) is 0 Å². The van der Waals surface area contributed by atoms with Crippen molar-refractivity contribution in [3.8, 4) is 0 Å². The Labute approximate surface area is 101 Å². The topological polar surface area (TPSA) is 16.4 Å². The van der Waals surface area contributed by atoms with Gasteiger partial charge in [0.15, 0.2) is 0 Å². The van der Waals surface area contributed by atoms with Crippen molar-refractivity contribution in [2.75, 3.05) is 19.6 Å². The average Bonchev–Trinajstić information content (AvgIpc) is 2.84. The van der Waals surface area contributed by atoms with E-state index in [1.165, 1.54) is 49.0 Å². The SMILES string of the molecule is c1ccc2c(C3CN4CCC3CC4)occ2c1. The van der Waals surface area contributed by atoms with E-state index >= 15 is 0 Å². The quantitative estimate of drug-likeness (QED) is 0.743. The minimum atomic E-state index is 0.623. The Morgan fingerprint density at radius 2 is 1.94 bits per heavy atom. The molecule has 2 heteroatoms. The number of hydrogen-bond acceptors (Lipinski definition) is 2. The highest BCUT2D eigenvalue weighted by atomic mass is 16.3. The van der Waals surface area contributed by atoms with E-state index < -0.39 is 0 Å². The van der Waals surface area contributed by atoms with Gasteiger partial charge in [-0.05, 0) is 31.8 Å². The number of hydrogen-bond donors (Lipinski definition) is 0.